The first-order valence-electron chi connectivity index (χ1n) is 3.15. The van der Waals surface area contributed by atoms with Gasteiger partial charge in [-0.05, 0) is 18.6 Å². The maximum absolute atomic E-state index is 4.14. The van der Waals surface area contributed by atoms with Crippen molar-refractivity contribution < 1.29 is 0 Å². The lowest BCUT2D eigenvalue weighted by Crippen LogP contribution is -2.09. The van der Waals surface area contributed by atoms with Gasteiger partial charge in [0, 0.05) is 20.3 Å². The van der Waals surface area contributed by atoms with Gasteiger partial charge in [0.15, 0.2) is 0 Å². The number of pyridine rings is 1. The molecule has 0 fully saturated rings. The highest BCUT2D eigenvalue weighted by Crippen LogP contribution is 2.05. The van der Waals surface area contributed by atoms with Crippen molar-refractivity contribution >= 4 is 5.82 Å². The first-order chi connectivity index (χ1) is 4.70. The van der Waals surface area contributed by atoms with Crippen LogP contribution in [0.5, 0.6) is 0 Å². The second kappa shape index (κ2) is 2.69. The van der Waals surface area contributed by atoms with E-state index in [1.807, 2.05) is 31.1 Å². The van der Waals surface area contributed by atoms with E-state index in [1.165, 1.54) is 0 Å². The Hall–Kier alpha value is -1.05. The topological polar surface area (TPSA) is 16.1 Å². The quantitative estimate of drug-likeness (QED) is 0.577. The molecule has 0 saturated carbocycles. The average Bonchev–Trinajstić information content (AvgIpc) is 1.88. The van der Waals surface area contributed by atoms with Crippen LogP contribution in [0.25, 0.3) is 0 Å². The lowest BCUT2D eigenvalue weighted by molar-refractivity contribution is 1.07. The van der Waals surface area contributed by atoms with Crippen molar-refractivity contribution in [3.8, 4) is 0 Å². The predicted octanol–water partition coefficient (Wildman–Crippen LogP) is 1.33. The van der Waals surface area contributed by atoms with Gasteiger partial charge in [0.05, 0.1) is 0 Å². The van der Waals surface area contributed by atoms with Crippen LogP contribution >= 0.6 is 0 Å². The molecule has 2 heteroatoms. The van der Waals surface area contributed by atoms with E-state index in [4.69, 9.17) is 0 Å². The standard InChI is InChI=1S/C8H11N2/c1-7-4-5-8(9-6-7)10(2)3/h4-6H,1H2,2-3H3. The van der Waals surface area contributed by atoms with Crippen molar-refractivity contribution in [2.45, 2.75) is 0 Å². The third-order valence-electron chi connectivity index (χ3n) is 1.27. The summed E-state index contributed by atoms with van der Waals surface area (Å²) in [4.78, 5) is 6.10. The number of aromatic nitrogens is 1. The third-order valence-corrected chi connectivity index (χ3v) is 1.27. The van der Waals surface area contributed by atoms with Crippen LogP contribution in [0, 0.1) is 6.92 Å². The van der Waals surface area contributed by atoms with Crippen molar-refractivity contribution in [3.63, 3.8) is 0 Å². The number of rotatable bonds is 1. The molecule has 1 aromatic rings. The van der Waals surface area contributed by atoms with Crippen LogP contribution < -0.4 is 4.90 Å². The van der Waals surface area contributed by atoms with Gasteiger partial charge in [-0.25, -0.2) is 4.98 Å². The highest BCUT2D eigenvalue weighted by molar-refractivity contribution is 5.37. The second-order valence-corrected chi connectivity index (χ2v) is 2.42. The molecule has 1 rings (SSSR count). The number of nitrogens with zero attached hydrogens (tertiary/aromatic N) is 2. The van der Waals surface area contributed by atoms with Gasteiger partial charge in [-0.3, -0.25) is 0 Å². The average molecular weight is 135 g/mol. The molecule has 1 aromatic heterocycles. The van der Waals surface area contributed by atoms with Crippen LogP contribution in [-0.4, -0.2) is 19.1 Å². The van der Waals surface area contributed by atoms with E-state index >= 15 is 0 Å². The largest absolute Gasteiger partial charge is 0.363 e. The predicted molar refractivity (Wildman–Crippen MR) is 43.0 cm³/mol. The van der Waals surface area contributed by atoms with Crippen molar-refractivity contribution in [1.29, 1.82) is 0 Å². The van der Waals surface area contributed by atoms with Gasteiger partial charge in [0.25, 0.3) is 0 Å². The molecule has 0 aliphatic rings. The van der Waals surface area contributed by atoms with Crippen molar-refractivity contribution in [1.82, 2.24) is 4.98 Å². The maximum atomic E-state index is 4.14. The fourth-order valence-corrected chi connectivity index (χ4v) is 0.681. The van der Waals surface area contributed by atoms with Crippen LogP contribution in [-0.2, 0) is 0 Å². The van der Waals surface area contributed by atoms with E-state index in [0.717, 1.165) is 11.4 Å². The molecule has 10 heavy (non-hydrogen) atoms. The van der Waals surface area contributed by atoms with Crippen molar-refractivity contribution in [2.75, 3.05) is 19.0 Å². The maximum Gasteiger partial charge on any atom is 0.127 e. The molecule has 1 radical (unpaired) electrons. The first kappa shape index (κ1) is 7.06. The fourth-order valence-electron chi connectivity index (χ4n) is 0.681. The summed E-state index contributed by atoms with van der Waals surface area (Å²) in [5, 5.41) is 0. The molecular formula is C8H11N2. The molecule has 0 aromatic carbocycles. The van der Waals surface area contributed by atoms with Gasteiger partial charge in [-0.2, -0.15) is 0 Å². The van der Waals surface area contributed by atoms with Crippen LogP contribution in [0.15, 0.2) is 18.3 Å². The summed E-state index contributed by atoms with van der Waals surface area (Å²) in [7, 11) is 3.93. The van der Waals surface area contributed by atoms with Crippen molar-refractivity contribution in [3.05, 3.63) is 30.8 Å². The highest BCUT2D eigenvalue weighted by atomic mass is 15.1. The monoisotopic (exact) mass is 135 g/mol. The first-order valence-corrected chi connectivity index (χ1v) is 3.15. The Kier molecular flexibility index (Phi) is 1.90. The molecule has 0 N–H and O–H groups in total. The third kappa shape index (κ3) is 1.47. The Bertz CT molecular complexity index is 201. The van der Waals surface area contributed by atoms with E-state index in [9.17, 15) is 0 Å². The van der Waals surface area contributed by atoms with Crippen LogP contribution in [0.4, 0.5) is 5.82 Å². The van der Waals surface area contributed by atoms with Gasteiger partial charge in [-0.15, -0.1) is 0 Å². The molecule has 0 unspecified atom stereocenters. The summed E-state index contributed by atoms with van der Waals surface area (Å²) in [5.74, 6) is 0.965. The molecule has 0 aliphatic carbocycles. The minimum atomic E-state index is 0.950. The zero-order valence-corrected chi connectivity index (χ0v) is 6.33. The second-order valence-electron chi connectivity index (χ2n) is 2.42. The van der Waals surface area contributed by atoms with Crippen molar-refractivity contribution in [2.24, 2.45) is 0 Å². The molecule has 0 aliphatic heterocycles. The summed E-state index contributed by atoms with van der Waals surface area (Å²) in [6.07, 6.45) is 1.76. The lowest BCUT2D eigenvalue weighted by Gasteiger charge is -2.09. The number of hydrogen-bond donors (Lipinski definition) is 0. The molecule has 1 heterocycles. The van der Waals surface area contributed by atoms with E-state index in [2.05, 4.69) is 11.9 Å². The Morgan fingerprint density at radius 3 is 2.50 bits per heavy atom. The number of anilines is 1. The molecule has 0 saturated heterocycles. The van der Waals surface area contributed by atoms with Crippen LogP contribution in [0.1, 0.15) is 5.56 Å². The van der Waals surface area contributed by atoms with E-state index < -0.39 is 0 Å². The zero-order chi connectivity index (χ0) is 7.56. The summed E-state index contributed by atoms with van der Waals surface area (Å²) in [6, 6.07) is 3.89. The summed E-state index contributed by atoms with van der Waals surface area (Å²) in [6.45, 7) is 3.74. The smallest absolute Gasteiger partial charge is 0.127 e. The molecule has 0 amide bonds. The highest BCUT2D eigenvalue weighted by Gasteiger charge is 1.92. The van der Waals surface area contributed by atoms with Gasteiger partial charge in [0.1, 0.15) is 5.82 Å². The Morgan fingerprint density at radius 1 is 1.40 bits per heavy atom. The van der Waals surface area contributed by atoms with Gasteiger partial charge < -0.3 is 4.90 Å². The minimum absolute atomic E-state index is 0.950. The Balaban J connectivity index is 2.89. The number of hydrogen-bond acceptors (Lipinski definition) is 2. The molecule has 2 nitrogen and oxygen atoms in total. The summed E-state index contributed by atoms with van der Waals surface area (Å²) in [5.41, 5.74) is 0.950. The Morgan fingerprint density at radius 2 is 2.10 bits per heavy atom. The normalized spacial score (nSPS) is 9.50. The van der Waals surface area contributed by atoms with Gasteiger partial charge >= 0.3 is 0 Å². The van der Waals surface area contributed by atoms with E-state index in [0.29, 0.717) is 0 Å². The van der Waals surface area contributed by atoms with Gasteiger partial charge in [0.2, 0.25) is 0 Å². The molecule has 53 valence electrons. The summed E-state index contributed by atoms with van der Waals surface area (Å²) >= 11 is 0. The van der Waals surface area contributed by atoms with E-state index in [1.54, 1.807) is 6.20 Å². The SMILES string of the molecule is [CH2]c1ccc(N(C)C)nc1. The zero-order valence-electron chi connectivity index (χ0n) is 6.33. The minimum Gasteiger partial charge on any atom is -0.363 e. The van der Waals surface area contributed by atoms with Crippen LogP contribution in [0.3, 0.4) is 0 Å². The van der Waals surface area contributed by atoms with Gasteiger partial charge in [-0.1, -0.05) is 6.07 Å². The molecular weight excluding hydrogens is 124 g/mol. The van der Waals surface area contributed by atoms with E-state index in [-0.39, 0.29) is 0 Å². The Labute approximate surface area is 61.5 Å². The molecule has 0 bridgehead atoms. The molecule has 0 atom stereocenters. The lowest BCUT2D eigenvalue weighted by atomic mass is 10.3. The van der Waals surface area contributed by atoms with Crippen LogP contribution in [0.2, 0.25) is 0 Å². The fraction of sp³-hybridized carbons (Fsp3) is 0.250. The summed E-state index contributed by atoms with van der Waals surface area (Å²) < 4.78 is 0. The molecule has 0 spiro atoms.